The Bertz CT molecular complexity index is 709. The van der Waals surface area contributed by atoms with Crippen LogP contribution in [0.15, 0.2) is 11.6 Å². The maximum Gasteiger partial charge on any atom is 0.0138 e. The average Bonchev–Trinajstić information content (AvgIpc) is 3.15. The molecule has 1 heteroatoms. The summed E-state index contributed by atoms with van der Waals surface area (Å²) in [6, 6.07) is 1.82. The fourth-order valence-electron chi connectivity index (χ4n) is 10.6. The number of fused-ring (bicyclic) bond motifs is 9. The van der Waals surface area contributed by atoms with Crippen LogP contribution in [0, 0.1) is 52.3 Å². The Morgan fingerprint density at radius 2 is 1.72 bits per heavy atom. The Kier molecular flexibility index (Phi) is 4.26. The first kappa shape index (κ1) is 19.4. The van der Waals surface area contributed by atoms with Crippen molar-refractivity contribution in [3.05, 3.63) is 11.6 Å². The van der Waals surface area contributed by atoms with Crippen LogP contribution in [0.4, 0.5) is 0 Å². The van der Waals surface area contributed by atoms with Gasteiger partial charge in [-0.2, -0.15) is 0 Å². The molecule has 2 saturated heterocycles. The first-order valence-corrected chi connectivity index (χ1v) is 13.3. The molecular formula is C28H45N. The van der Waals surface area contributed by atoms with Gasteiger partial charge in [0.25, 0.3) is 0 Å². The lowest BCUT2D eigenvalue weighted by atomic mass is 9.46. The van der Waals surface area contributed by atoms with Crippen LogP contribution in [0.3, 0.4) is 0 Å². The molecule has 0 aromatic heterocycles. The van der Waals surface area contributed by atoms with Crippen LogP contribution in [0.5, 0.6) is 0 Å². The minimum Gasteiger partial charge on any atom is -0.297 e. The molecule has 5 fully saturated rings. The summed E-state index contributed by atoms with van der Waals surface area (Å²) >= 11 is 0. The van der Waals surface area contributed by atoms with Crippen molar-refractivity contribution in [3.8, 4) is 0 Å². The number of rotatable bonds is 0. The van der Waals surface area contributed by atoms with Crippen molar-refractivity contribution >= 4 is 0 Å². The van der Waals surface area contributed by atoms with Crippen LogP contribution in [0.2, 0.25) is 0 Å². The third-order valence-corrected chi connectivity index (χ3v) is 12.0. The van der Waals surface area contributed by atoms with E-state index in [1.807, 2.05) is 5.57 Å². The zero-order valence-electron chi connectivity index (χ0n) is 19.8. The zero-order chi connectivity index (χ0) is 20.1. The van der Waals surface area contributed by atoms with E-state index < -0.39 is 0 Å². The van der Waals surface area contributed by atoms with Gasteiger partial charge in [0, 0.05) is 18.6 Å². The second kappa shape index (κ2) is 6.36. The van der Waals surface area contributed by atoms with Gasteiger partial charge in [-0.1, -0.05) is 46.3 Å². The quantitative estimate of drug-likeness (QED) is 0.402. The molecule has 6 aliphatic rings. The van der Waals surface area contributed by atoms with Gasteiger partial charge in [-0.25, -0.2) is 0 Å². The van der Waals surface area contributed by atoms with Crippen molar-refractivity contribution in [3.63, 3.8) is 0 Å². The van der Waals surface area contributed by atoms with E-state index in [0.717, 1.165) is 53.5 Å². The van der Waals surface area contributed by atoms with Crippen LogP contribution in [0.25, 0.3) is 0 Å². The molecule has 0 amide bonds. The molecule has 0 spiro atoms. The first-order chi connectivity index (χ1) is 13.8. The molecule has 29 heavy (non-hydrogen) atoms. The van der Waals surface area contributed by atoms with Crippen LogP contribution in [-0.2, 0) is 0 Å². The average molecular weight is 396 g/mol. The highest BCUT2D eigenvalue weighted by Crippen LogP contribution is 2.70. The van der Waals surface area contributed by atoms with Gasteiger partial charge in [-0.3, -0.25) is 4.90 Å². The van der Waals surface area contributed by atoms with E-state index >= 15 is 0 Å². The van der Waals surface area contributed by atoms with E-state index in [4.69, 9.17) is 0 Å². The van der Waals surface area contributed by atoms with Crippen molar-refractivity contribution in [1.82, 2.24) is 4.90 Å². The fraction of sp³-hybridized carbons (Fsp3) is 0.929. The van der Waals surface area contributed by atoms with Gasteiger partial charge in [0.05, 0.1) is 0 Å². The molecule has 3 saturated carbocycles. The predicted molar refractivity (Wildman–Crippen MR) is 122 cm³/mol. The molecule has 2 heterocycles. The monoisotopic (exact) mass is 395 g/mol. The van der Waals surface area contributed by atoms with Gasteiger partial charge >= 0.3 is 0 Å². The molecular weight excluding hydrogens is 350 g/mol. The van der Waals surface area contributed by atoms with Crippen LogP contribution >= 0.6 is 0 Å². The molecule has 162 valence electrons. The van der Waals surface area contributed by atoms with Gasteiger partial charge in [-0.05, 0) is 110 Å². The normalized spacial score (nSPS) is 59.2. The predicted octanol–water partition coefficient (Wildman–Crippen LogP) is 6.93. The molecule has 2 aliphatic heterocycles. The van der Waals surface area contributed by atoms with E-state index in [-0.39, 0.29) is 0 Å². The Morgan fingerprint density at radius 3 is 2.55 bits per heavy atom. The molecule has 9 unspecified atom stereocenters. The number of hydrogen-bond donors (Lipinski definition) is 0. The summed E-state index contributed by atoms with van der Waals surface area (Å²) in [6.07, 6.45) is 16.1. The number of hydrogen-bond acceptors (Lipinski definition) is 1. The highest BCUT2D eigenvalue weighted by molar-refractivity contribution is 5.26. The lowest BCUT2D eigenvalue weighted by Gasteiger charge is -2.58. The van der Waals surface area contributed by atoms with E-state index in [9.17, 15) is 0 Å². The SMILES string of the molecule is CC1CCC2(C)C(=CCC3C2CCC2(C)C3CC3C2[C@H](C)C2CC[C@H](C)CN32)C1. The number of allylic oxidation sites excluding steroid dienone is 2. The minimum atomic E-state index is 0.544. The molecule has 0 bridgehead atoms. The molecule has 0 aromatic rings. The Labute approximate surface area is 180 Å². The molecule has 4 aliphatic carbocycles. The van der Waals surface area contributed by atoms with Gasteiger partial charge in [-0.15, -0.1) is 0 Å². The fourth-order valence-corrected chi connectivity index (χ4v) is 10.6. The lowest BCUT2D eigenvalue weighted by molar-refractivity contribution is -0.0524. The van der Waals surface area contributed by atoms with Crippen molar-refractivity contribution < 1.29 is 0 Å². The largest absolute Gasteiger partial charge is 0.297 e. The van der Waals surface area contributed by atoms with Crippen LogP contribution in [-0.4, -0.2) is 23.5 Å². The highest BCUT2D eigenvalue weighted by atomic mass is 15.2. The molecule has 6 rings (SSSR count). The summed E-state index contributed by atoms with van der Waals surface area (Å²) in [5.74, 6) is 6.71. The Morgan fingerprint density at radius 1 is 0.897 bits per heavy atom. The maximum absolute atomic E-state index is 3.05. The first-order valence-electron chi connectivity index (χ1n) is 13.3. The molecule has 0 aromatic carbocycles. The van der Waals surface area contributed by atoms with E-state index in [0.29, 0.717) is 10.8 Å². The molecule has 1 nitrogen and oxygen atoms in total. The maximum atomic E-state index is 3.05. The van der Waals surface area contributed by atoms with Crippen molar-refractivity contribution in [2.45, 2.75) is 104 Å². The summed E-state index contributed by atoms with van der Waals surface area (Å²) in [5.41, 5.74) is 3.04. The third kappa shape index (κ3) is 2.49. The van der Waals surface area contributed by atoms with E-state index in [1.165, 1.54) is 64.3 Å². The third-order valence-electron chi connectivity index (χ3n) is 12.0. The summed E-state index contributed by atoms with van der Waals surface area (Å²) in [5, 5.41) is 0. The smallest absolute Gasteiger partial charge is 0.0138 e. The van der Waals surface area contributed by atoms with Crippen molar-refractivity contribution in [2.75, 3.05) is 6.54 Å². The summed E-state index contributed by atoms with van der Waals surface area (Å²) in [6.45, 7) is 14.5. The number of nitrogens with zero attached hydrogens (tertiary/aromatic N) is 1. The van der Waals surface area contributed by atoms with E-state index in [2.05, 4.69) is 45.6 Å². The van der Waals surface area contributed by atoms with Gasteiger partial charge in [0.2, 0.25) is 0 Å². The Balaban J connectivity index is 1.33. The van der Waals surface area contributed by atoms with Crippen LogP contribution < -0.4 is 0 Å². The van der Waals surface area contributed by atoms with Gasteiger partial charge in [0.15, 0.2) is 0 Å². The molecule has 0 radical (unpaired) electrons. The zero-order valence-corrected chi connectivity index (χ0v) is 19.8. The van der Waals surface area contributed by atoms with Gasteiger partial charge in [0.1, 0.15) is 0 Å². The minimum absolute atomic E-state index is 0.544. The van der Waals surface area contributed by atoms with Crippen molar-refractivity contribution in [2.24, 2.45) is 52.3 Å². The molecule has 11 atom stereocenters. The summed E-state index contributed by atoms with van der Waals surface area (Å²) in [7, 11) is 0. The van der Waals surface area contributed by atoms with Gasteiger partial charge < -0.3 is 0 Å². The van der Waals surface area contributed by atoms with Crippen molar-refractivity contribution in [1.29, 1.82) is 0 Å². The van der Waals surface area contributed by atoms with E-state index in [1.54, 1.807) is 0 Å². The second-order valence-electron chi connectivity index (χ2n) is 13.3. The van der Waals surface area contributed by atoms with Crippen LogP contribution in [0.1, 0.15) is 92.4 Å². The summed E-state index contributed by atoms with van der Waals surface area (Å²) in [4.78, 5) is 3.05. The second-order valence-corrected chi connectivity index (χ2v) is 13.3. The molecule has 0 N–H and O–H groups in total. The lowest BCUT2D eigenvalue weighted by Crippen LogP contribution is -2.51. The number of piperidine rings is 1. The highest BCUT2D eigenvalue weighted by Gasteiger charge is 2.66. The topological polar surface area (TPSA) is 3.24 Å². The Hall–Kier alpha value is -0.300. The summed E-state index contributed by atoms with van der Waals surface area (Å²) < 4.78 is 0. The standard InChI is InChI=1S/C28H45N/c1-17-10-12-27(4)20(14-17)7-8-21-22(27)11-13-28(5)23(21)15-25-26(28)19(3)24-9-6-18(2)16-29(24)25/h7,17-19,21-26H,6,8-16H2,1-5H3/t17?,18-,19+,21?,22?,23?,24?,25?,26?,27?,28?/m0/s1.